The molecule has 1 aliphatic rings. The molecule has 1 aromatic heterocycles. The van der Waals surface area contributed by atoms with Crippen LogP contribution in [0.1, 0.15) is 40.7 Å². The van der Waals surface area contributed by atoms with Gasteiger partial charge in [-0.3, -0.25) is 9.59 Å². The molecule has 0 saturated carbocycles. The van der Waals surface area contributed by atoms with Crippen LogP contribution in [0.4, 0.5) is 0 Å². The summed E-state index contributed by atoms with van der Waals surface area (Å²) in [4.78, 5) is 54.2. The molecule has 27 heavy (non-hydrogen) atoms. The van der Waals surface area contributed by atoms with Gasteiger partial charge in [0.15, 0.2) is 0 Å². The number of ether oxygens (including phenoxy) is 1. The highest BCUT2D eigenvalue weighted by atomic mass is 32.1. The Hall–Kier alpha value is -3.52. The molecule has 4 rings (SSSR count). The molecule has 7 nitrogen and oxygen atoms in total. The summed E-state index contributed by atoms with van der Waals surface area (Å²) in [5.41, 5.74) is 0.672. The lowest BCUT2D eigenvalue weighted by Gasteiger charge is -2.11. The summed E-state index contributed by atoms with van der Waals surface area (Å²) >= 11 is 1.09. The molecule has 0 bridgehead atoms. The number of hydroxylamine groups is 2. The number of methoxy groups -OCH3 is 1. The van der Waals surface area contributed by atoms with E-state index in [9.17, 15) is 19.2 Å². The van der Waals surface area contributed by atoms with Crippen LogP contribution in [0.3, 0.4) is 0 Å². The van der Waals surface area contributed by atoms with Gasteiger partial charge in [0, 0.05) is 10.1 Å². The van der Waals surface area contributed by atoms with E-state index < -0.39 is 23.8 Å². The molecule has 3 aromatic rings. The number of carbonyl (C=O) groups is 4. The van der Waals surface area contributed by atoms with Crippen molar-refractivity contribution >= 4 is 45.2 Å². The number of benzene rings is 2. The predicted octanol–water partition coefficient (Wildman–Crippen LogP) is 3.06. The van der Waals surface area contributed by atoms with E-state index in [1.54, 1.807) is 30.3 Å². The van der Waals surface area contributed by atoms with Crippen molar-refractivity contribution in [2.45, 2.75) is 0 Å². The third kappa shape index (κ3) is 2.67. The number of carbonyl (C=O) groups excluding carboxylic acids is 4. The van der Waals surface area contributed by atoms with Gasteiger partial charge < -0.3 is 9.57 Å². The Morgan fingerprint density at radius 1 is 0.926 bits per heavy atom. The highest BCUT2D eigenvalue weighted by Gasteiger charge is 2.39. The number of imide groups is 1. The van der Waals surface area contributed by atoms with Gasteiger partial charge in [0.1, 0.15) is 4.88 Å². The fourth-order valence-electron chi connectivity index (χ4n) is 2.83. The molecular formula is C19H11NO6S. The van der Waals surface area contributed by atoms with Crippen LogP contribution in [0.5, 0.6) is 0 Å². The second-order valence-corrected chi connectivity index (χ2v) is 6.73. The molecule has 0 atom stereocenters. The Morgan fingerprint density at radius 2 is 1.59 bits per heavy atom. The lowest BCUT2D eigenvalue weighted by molar-refractivity contribution is -0.0581. The van der Waals surface area contributed by atoms with Gasteiger partial charge >= 0.3 is 11.9 Å². The quantitative estimate of drug-likeness (QED) is 0.512. The molecule has 0 saturated heterocycles. The number of hydrogen-bond acceptors (Lipinski definition) is 7. The van der Waals surface area contributed by atoms with Crippen molar-refractivity contribution in [3.63, 3.8) is 0 Å². The number of hydrogen-bond donors (Lipinski definition) is 0. The van der Waals surface area contributed by atoms with Crippen LogP contribution in [0.15, 0.2) is 48.5 Å². The largest absolute Gasteiger partial charge is 0.465 e. The van der Waals surface area contributed by atoms with Crippen LogP contribution < -0.4 is 0 Å². The number of nitrogens with zero attached hydrogens (tertiary/aromatic N) is 1. The third-order valence-corrected chi connectivity index (χ3v) is 5.18. The molecule has 0 N–H and O–H groups in total. The van der Waals surface area contributed by atoms with E-state index in [1.165, 1.54) is 25.3 Å². The van der Waals surface area contributed by atoms with Crippen molar-refractivity contribution < 1.29 is 28.8 Å². The van der Waals surface area contributed by atoms with Gasteiger partial charge in [-0.25, -0.2) is 9.59 Å². The monoisotopic (exact) mass is 381 g/mol. The van der Waals surface area contributed by atoms with Crippen LogP contribution in [0.2, 0.25) is 0 Å². The summed E-state index contributed by atoms with van der Waals surface area (Å²) in [5.74, 6) is -2.78. The van der Waals surface area contributed by atoms with Crippen LogP contribution in [-0.2, 0) is 9.57 Å². The molecule has 0 radical (unpaired) electrons. The lowest BCUT2D eigenvalue weighted by Crippen LogP contribution is -2.32. The zero-order valence-electron chi connectivity index (χ0n) is 13.9. The smallest absolute Gasteiger partial charge is 0.373 e. The summed E-state index contributed by atoms with van der Waals surface area (Å²) in [7, 11) is 1.27. The fourth-order valence-corrected chi connectivity index (χ4v) is 3.79. The number of thiophene rings is 1. The van der Waals surface area contributed by atoms with E-state index in [-0.39, 0.29) is 16.0 Å². The number of fused-ring (bicyclic) bond motifs is 2. The van der Waals surface area contributed by atoms with E-state index in [0.29, 0.717) is 20.7 Å². The predicted molar refractivity (Wildman–Crippen MR) is 95.5 cm³/mol. The molecule has 2 aromatic carbocycles. The average Bonchev–Trinajstić information content (AvgIpc) is 3.23. The Labute approximate surface area is 156 Å². The maximum Gasteiger partial charge on any atom is 0.373 e. The average molecular weight is 381 g/mol. The van der Waals surface area contributed by atoms with Crippen LogP contribution in [0.25, 0.3) is 10.1 Å². The molecule has 2 heterocycles. The normalized spacial score (nSPS) is 13.0. The van der Waals surface area contributed by atoms with Gasteiger partial charge in [0.25, 0.3) is 11.8 Å². The van der Waals surface area contributed by atoms with Crippen molar-refractivity contribution in [1.82, 2.24) is 5.06 Å². The zero-order chi connectivity index (χ0) is 19.1. The van der Waals surface area contributed by atoms with Gasteiger partial charge in [-0.15, -0.1) is 11.3 Å². The minimum atomic E-state index is -0.860. The molecule has 2 amide bonds. The maximum atomic E-state index is 12.5. The van der Waals surface area contributed by atoms with E-state index >= 15 is 0 Å². The lowest BCUT2D eigenvalue weighted by atomic mass is 10.1. The maximum absolute atomic E-state index is 12.5. The number of rotatable bonds is 3. The van der Waals surface area contributed by atoms with Crippen LogP contribution >= 0.6 is 11.3 Å². The highest BCUT2D eigenvalue weighted by molar-refractivity contribution is 7.20. The van der Waals surface area contributed by atoms with Crippen LogP contribution in [0, 0.1) is 0 Å². The number of esters is 1. The van der Waals surface area contributed by atoms with Crippen molar-refractivity contribution in [2.75, 3.05) is 7.11 Å². The summed E-state index contributed by atoms with van der Waals surface area (Å²) < 4.78 is 5.41. The first-order valence-corrected chi connectivity index (χ1v) is 8.64. The SMILES string of the molecule is COC(=O)c1cccc2sc(C(=O)ON3C(=O)c4ccccc4C3=O)cc12. The van der Waals surface area contributed by atoms with Crippen molar-refractivity contribution in [1.29, 1.82) is 0 Å². The van der Waals surface area contributed by atoms with E-state index in [2.05, 4.69) is 0 Å². The zero-order valence-corrected chi connectivity index (χ0v) is 14.7. The van der Waals surface area contributed by atoms with E-state index in [4.69, 9.17) is 9.57 Å². The second-order valence-electron chi connectivity index (χ2n) is 5.65. The molecule has 0 unspecified atom stereocenters. The summed E-state index contributed by atoms with van der Waals surface area (Å²) in [6.45, 7) is 0. The summed E-state index contributed by atoms with van der Waals surface area (Å²) in [5, 5.41) is 0.988. The Morgan fingerprint density at radius 3 is 2.22 bits per heavy atom. The highest BCUT2D eigenvalue weighted by Crippen LogP contribution is 2.30. The number of amides is 2. The van der Waals surface area contributed by atoms with E-state index in [0.717, 1.165) is 11.3 Å². The molecule has 0 spiro atoms. The van der Waals surface area contributed by atoms with Crippen molar-refractivity contribution in [2.24, 2.45) is 0 Å². The van der Waals surface area contributed by atoms with E-state index in [1.807, 2.05) is 0 Å². The van der Waals surface area contributed by atoms with Gasteiger partial charge in [-0.05, 0) is 30.3 Å². The van der Waals surface area contributed by atoms with Crippen molar-refractivity contribution in [3.8, 4) is 0 Å². The molecule has 1 aliphatic heterocycles. The minimum Gasteiger partial charge on any atom is -0.465 e. The standard InChI is InChI=1S/C19H11NO6S/c1-25-18(23)12-7-4-8-14-13(12)9-15(27-14)19(24)26-20-16(21)10-5-2-3-6-11(10)17(20)22/h2-9H,1H3. The van der Waals surface area contributed by atoms with Gasteiger partial charge in [-0.1, -0.05) is 23.3 Å². The molecular weight excluding hydrogens is 370 g/mol. The minimum absolute atomic E-state index is 0.151. The van der Waals surface area contributed by atoms with Gasteiger partial charge in [0.2, 0.25) is 0 Å². The second kappa shape index (κ2) is 6.33. The van der Waals surface area contributed by atoms with Crippen LogP contribution in [-0.4, -0.2) is 35.9 Å². The Kier molecular flexibility index (Phi) is 3.97. The van der Waals surface area contributed by atoms with Crippen molar-refractivity contribution in [3.05, 3.63) is 70.1 Å². The molecule has 0 aliphatic carbocycles. The van der Waals surface area contributed by atoms with Gasteiger partial charge in [0.05, 0.1) is 23.8 Å². The Bertz CT molecular complexity index is 1100. The molecule has 134 valence electrons. The summed E-state index contributed by atoms with van der Waals surface area (Å²) in [6.07, 6.45) is 0. The third-order valence-electron chi connectivity index (χ3n) is 4.10. The molecule has 8 heteroatoms. The first-order chi connectivity index (χ1) is 13.0. The summed E-state index contributed by atoms with van der Waals surface area (Å²) in [6, 6.07) is 12.7. The first kappa shape index (κ1) is 16.9. The fraction of sp³-hybridized carbons (Fsp3) is 0.0526. The Balaban J connectivity index is 1.64. The van der Waals surface area contributed by atoms with Gasteiger partial charge in [-0.2, -0.15) is 0 Å². The topological polar surface area (TPSA) is 90.0 Å². The first-order valence-electron chi connectivity index (χ1n) is 7.82. The molecule has 0 fully saturated rings.